The van der Waals surface area contributed by atoms with Crippen LogP contribution in [0.2, 0.25) is 5.15 Å². The molecule has 0 radical (unpaired) electrons. The highest BCUT2D eigenvalue weighted by molar-refractivity contribution is 6.29. The van der Waals surface area contributed by atoms with Crippen LogP contribution in [0.25, 0.3) is 0 Å². The van der Waals surface area contributed by atoms with E-state index < -0.39 is 4.92 Å². The molecule has 0 saturated carbocycles. The lowest BCUT2D eigenvalue weighted by molar-refractivity contribution is -0.385. The molecule has 1 aliphatic rings. The lowest BCUT2D eigenvalue weighted by Gasteiger charge is -2.31. The number of nitrogens with zero attached hydrogens (tertiary/aromatic N) is 3. The second-order valence-electron chi connectivity index (χ2n) is 4.39. The first kappa shape index (κ1) is 13.7. The van der Waals surface area contributed by atoms with E-state index in [-0.39, 0.29) is 28.4 Å². The lowest BCUT2D eigenvalue weighted by Crippen LogP contribution is -2.51. The maximum atomic E-state index is 12.3. The number of nitro groups is 1. The molecule has 1 N–H and O–H groups in total. The van der Waals surface area contributed by atoms with Crippen LogP contribution in [0.3, 0.4) is 0 Å². The highest BCUT2D eigenvalue weighted by Crippen LogP contribution is 2.22. The van der Waals surface area contributed by atoms with Crippen molar-refractivity contribution in [2.45, 2.75) is 13.0 Å². The zero-order valence-corrected chi connectivity index (χ0v) is 11.1. The number of halogens is 1. The molecule has 1 atom stereocenters. The van der Waals surface area contributed by atoms with Gasteiger partial charge in [0, 0.05) is 25.7 Å². The van der Waals surface area contributed by atoms with Gasteiger partial charge >= 0.3 is 0 Å². The lowest BCUT2D eigenvalue weighted by atomic mass is 10.1. The van der Waals surface area contributed by atoms with E-state index >= 15 is 0 Å². The van der Waals surface area contributed by atoms with Gasteiger partial charge in [0.25, 0.3) is 11.6 Å². The predicted molar refractivity (Wildman–Crippen MR) is 69.3 cm³/mol. The topological polar surface area (TPSA) is 88.4 Å². The average Bonchev–Trinajstić information content (AvgIpc) is 2.37. The number of carbonyl (C=O) groups excluding carboxylic acids is 1. The first-order valence-electron chi connectivity index (χ1n) is 5.81. The van der Waals surface area contributed by atoms with Crippen molar-refractivity contribution in [1.82, 2.24) is 15.2 Å². The van der Waals surface area contributed by atoms with Crippen LogP contribution in [-0.2, 0) is 0 Å². The minimum Gasteiger partial charge on any atom is -0.336 e. The SMILES string of the molecule is C[C@@H]1CN(C(=O)c2cc(Cl)ncc2[N+](=O)[O-])CCN1. The maximum Gasteiger partial charge on any atom is 0.300 e. The molecular formula is C11H13ClN4O3. The van der Waals surface area contributed by atoms with E-state index in [2.05, 4.69) is 10.3 Å². The van der Waals surface area contributed by atoms with Crippen molar-refractivity contribution in [3.05, 3.63) is 33.1 Å². The summed E-state index contributed by atoms with van der Waals surface area (Å²) in [4.78, 5) is 27.9. The number of carbonyl (C=O) groups is 1. The number of hydrogen-bond acceptors (Lipinski definition) is 5. The van der Waals surface area contributed by atoms with Gasteiger partial charge in [-0.25, -0.2) is 4.98 Å². The molecule has 1 amide bonds. The van der Waals surface area contributed by atoms with E-state index in [1.165, 1.54) is 6.07 Å². The van der Waals surface area contributed by atoms with Crippen LogP contribution in [0.5, 0.6) is 0 Å². The minimum atomic E-state index is -0.623. The van der Waals surface area contributed by atoms with E-state index in [0.29, 0.717) is 19.6 Å². The number of nitrogens with one attached hydrogen (secondary N) is 1. The van der Waals surface area contributed by atoms with Crippen molar-refractivity contribution in [3.63, 3.8) is 0 Å². The smallest absolute Gasteiger partial charge is 0.300 e. The van der Waals surface area contributed by atoms with Gasteiger partial charge in [0.05, 0.1) is 4.92 Å². The summed E-state index contributed by atoms with van der Waals surface area (Å²) in [5.74, 6) is -0.385. The highest BCUT2D eigenvalue weighted by atomic mass is 35.5. The quantitative estimate of drug-likeness (QED) is 0.499. The summed E-state index contributed by atoms with van der Waals surface area (Å²) in [6.07, 6.45) is 1.02. The number of aromatic nitrogens is 1. The maximum absolute atomic E-state index is 12.3. The Kier molecular flexibility index (Phi) is 3.96. The van der Waals surface area contributed by atoms with Crippen molar-refractivity contribution in [1.29, 1.82) is 0 Å². The summed E-state index contributed by atoms with van der Waals surface area (Å²) in [5, 5.41) is 14.2. The third kappa shape index (κ3) is 2.99. The molecule has 0 unspecified atom stereocenters. The Balaban J connectivity index is 2.32. The average molecular weight is 285 g/mol. The van der Waals surface area contributed by atoms with Crippen molar-refractivity contribution in [3.8, 4) is 0 Å². The fourth-order valence-corrected chi connectivity index (χ4v) is 2.18. The molecule has 0 bridgehead atoms. The Hall–Kier alpha value is -1.73. The van der Waals surface area contributed by atoms with E-state index in [0.717, 1.165) is 6.20 Å². The number of hydrogen-bond donors (Lipinski definition) is 1. The molecule has 0 aliphatic carbocycles. The van der Waals surface area contributed by atoms with Gasteiger partial charge in [0.2, 0.25) is 0 Å². The molecule has 0 aromatic carbocycles. The van der Waals surface area contributed by atoms with Gasteiger partial charge in [-0.2, -0.15) is 0 Å². The van der Waals surface area contributed by atoms with Crippen LogP contribution in [0.15, 0.2) is 12.3 Å². The minimum absolute atomic E-state index is 0.0147. The highest BCUT2D eigenvalue weighted by Gasteiger charge is 2.28. The summed E-state index contributed by atoms with van der Waals surface area (Å²) < 4.78 is 0. The number of piperazine rings is 1. The van der Waals surface area contributed by atoms with Crippen molar-refractivity contribution >= 4 is 23.2 Å². The Morgan fingerprint density at radius 3 is 3.05 bits per heavy atom. The van der Waals surface area contributed by atoms with Crippen LogP contribution >= 0.6 is 11.6 Å². The number of rotatable bonds is 2. The molecule has 102 valence electrons. The summed E-state index contributed by atoms with van der Waals surface area (Å²) in [7, 11) is 0. The second kappa shape index (κ2) is 5.50. The normalized spacial score (nSPS) is 19.3. The first-order valence-corrected chi connectivity index (χ1v) is 6.19. The van der Waals surface area contributed by atoms with Crippen molar-refractivity contribution in [2.24, 2.45) is 0 Å². The van der Waals surface area contributed by atoms with Crippen LogP contribution in [0.1, 0.15) is 17.3 Å². The molecule has 1 saturated heterocycles. The first-order chi connectivity index (χ1) is 8.99. The molecule has 19 heavy (non-hydrogen) atoms. The zero-order chi connectivity index (χ0) is 14.0. The van der Waals surface area contributed by atoms with Crippen LogP contribution < -0.4 is 5.32 Å². The van der Waals surface area contributed by atoms with Crippen LogP contribution in [-0.4, -0.2) is 46.4 Å². The molecule has 1 fully saturated rings. The summed E-state index contributed by atoms with van der Waals surface area (Å²) >= 11 is 5.72. The Bertz CT molecular complexity index is 523. The molecule has 7 nitrogen and oxygen atoms in total. The summed E-state index contributed by atoms with van der Waals surface area (Å²) in [5.41, 5.74) is -0.334. The van der Waals surface area contributed by atoms with E-state index in [4.69, 9.17) is 11.6 Å². The standard InChI is InChI=1S/C11H13ClN4O3/c1-7-6-15(3-2-13-7)11(17)8-4-10(12)14-5-9(8)16(18)19/h4-5,7,13H,2-3,6H2,1H3/t7-/m1/s1. The largest absolute Gasteiger partial charge is 0.336 e. The van der Waals surface area contributed by atoms with Crippen LogP contribution in [0.4, 0.5) is 5.69 Å². The van der Waals surface area contributed by atoms with Gasteiger partial charge in [0.15, 0.2) is 0 Å². The van der Waals surface area contributed by atoms with Gasteiger partial charge in [-0.3, -0.25) is 14.9 Å². The Morgan fingerprint density at radius 2 is 2.42 bits per heavy atom. The van der Waals surface area contributed by atoms with Gasteiger partial charge in [-0.05, 0) is 13.0 Å². The third-order valence-corrected chi connectivity index (χ3v) is 3.14. The second-order valence-corrected chi connectivity index (χ2v) is 4.77. The Morgan fingerprint density at radius 1 is 1.68 bits per heavy atom. The van der Waals surface area contributed by atoms with Crippen molar-refractivity contribution in [2.75, 3.05) is 19.6 Å². The summed E-state index contributed by atoms with van der Waals surface area (Å²) in [6.45, 7) is 3.64. The van der Waals surface area contributed by atoms with Gasteiger partial charge < -0.3 is 10.2 Å². The van der Waals surface area contributed by atoms with Gasteiger partial charge in [-0.15, -0.1) is 0 Å². The van der Waals surface area contributed by atoms with Gasteiger partial charge in [-0.1, -0.05) is 11.6 Å². The van der Waals surface area contributed by atoms with E-state index in [9.17, 15) is 14.9 Å². The monoisotopic (exact) mass is 284 g/mol. The molecule has 2 heterocycles. The summed E-state index contributed by atoms with van der Waals surface area (Å²) in [6, 6.07) is 1.41. The predicted octanol–water partition coefficient (Wildman–Crippen LogP) is 1.08. The molecule has 8 heteroatoms. The molecular weight excluding hydrogens is 272 g/mol. The molecule has 2 rings (SSSR count). The molecule has 1 aromatic heterocycles. The fraction of sp³-hybridized carbons (Fsp3) is 0.455. The molecule has 1 aromatic rings. The molecule has 0 spiro atoms. The van der Waals surface area contributed by atoms with E-state index in [1.54, 1.807) is 4.90 Å². The fourth-order valence-electron chi connectivity index (χ4n) is 2.03. The zero-order valence-electron chi connectivity index (χ0n) is 10.3. The third-order valence-electron chi connectivity index (χ3n) is 2.93. The van der Waals surface area contributed by atoms with E-state index in [1.807, 2.05) is 6.92 Å². The number of pyridine rings is 1. The van der Waals surface area contributed by atoms with Crippen LogP contribution in [0, 0.1) is 10.1 Å². The number of amides is 1. The van der Waals surface area contributed by atoms with Gasteiger partial charge in [0.1, 0.15) is 16.9 Å². The van der Waals surface area contributed by atoms with Crippen molar-refractivity contribution < 1.29 is 9.72 Å². The Labute approximate surface area is 114 Å². The molecule has 1 aliphatic heterocycles.